The Hall–Kier alpha value is -2.67. The molecule has 4 aromatic rings. The second-order valence-corrected chi connectivity index (χ2v) is 5.86. The van der Waals surface area contributed by atoms with Gasteiger partial charge in [0.05, 0.1) is 6.20 Å². The molecule has 6 nitrogen and oxygen atoms in total. The number of pyridine rings is 1. The van der Waals surface area contributed by atoms with Crippen LogP contribution >= 0.6 is 15.9 Å². The molecular weight excluding hydrogens is 346 g/mol. The molecule has 7 heteroatoms. The Bertz CT molecular complexity index is 1030. The molecule has 108 valence electrons. The fourth-order valence-electron chi connectivity index (χ4n) is 2.59. The topological polar surface area (TPSA) is 100 Å². The number of rotatable bonds is 2. The Morgan fingerprint density at radius 2 is 2.05 bits per heavy atom. The normalized spacial score (nSPS) is 11.3. The zero-order valence-corrected chi connectivity index (χ0v) is 12.8. The summed E-state index contributed by atoms with van der Waals surface area (Å²) in [5.74, 6) is -0.571. The molecule has 0 aliphatic heterocycles. The summed E-state index contributed by atoms with van der Waals surface area (Å²) in [6, 6.07) is 7.68. The van der Waals surface area contributed by atoms with Gasteiger partial charge in [-0.3, -0.25) is 9.89 Å². The molecule has 4 N–H and O–H groups in total. The van der Waals surface area contributed by atoms with Gasteiger partial charge in [-0.2, -0.15) is 5.10 Å². The highest BCUT2D eigenvalue weighted by atomic mass is 79.9. The molecule has 0 atom stereocenters. The number of fused-ring (bicyclic) bond motifs is 2. The Balaban J connectivity index is 2.09. The molecule has 0 spiro atoms. The van der Waals surface area contributed by atoms with Gasteiger partial charge in [-0.25, -0.2) is 4.98 Å². The van der Waals surface area contributed by atoms with Gasteiger partial charge in [0.1, 0.15) is 5.69 Å². The lowest BCUT2D eigenvalue weighted by atomic mass is 10.0. The van der Waals surface area contributed by atoms with Crippen LogP contribution in [0.15, 0.2) is 41.1 Å². The van der Waals surface area contributed by atoms with Crippen molar-refractivity contribution < 1.29 is 4.79 Å². The van der Waals surface area contributed by atoms with E-state index in [1.54, 1.807) is 12.3 Å². The summed E-state index contributed by atoms with van der Waals surface area (Å²) < 4.78 is 0.980. The molecule has 3 heterocycles. The third-order valence-electron chi connectivity index (χ3n) is 3.61. The molecule has 0 unspecified atom stereocenters. The number of hydrogen-bond donors (Lipinski definition) is 3. The molecule has 0 fully saturated rings. The van der Waals surface area contributed by atoms with E-state index in [0.29, 0.717) is 5.65 Å². The van der Waals surface area contributed by atoms with Gasteiger partial charge in [-0.15, -0.1) is 0 Å². The number of carbonyl (C=O) groups excluding carboxylic acids is 1. The first-order chi connectivity index (χ1) is 10.6. The van der Waals surface area contributed by atoms with Crippen LogP contribution in [0.1, 0.15) is 10.5 Å². The third-order valence-corrected chi connectivity index (χ3v) is 4.10. The molecule has 3 aromatic heterocycles. The maximum absolute atomic E-state index is 11.5. The summed E-state index contributed by atoms with van der Waals surface area (Å²) in [5, 5.41) is 8.68. The van der Waals surface area contributed by atoms with Crippen molar-refractivity contribution in [3.05, 3.63) is 46.8 Å². The van der Waals surface area contributed by atoms with E-state index in [1.165, 1.54) is 0 Å². The molecular formula is C15H10BrN5O. The number of aromatic nitrogens is 4. The molecule has 0 aliphatic carbocycles. The second kappa shape index (κ2) is 4.67. The summed E-state index contributed by atoms with van der Waals surface area (Å²) in [5.41, 5.74) is 8.95. The van der Waals surface area contributed by atoms with E-state index >= 15 is 0 Å². The molecule has 0 radical (unpaired) electrons. The molecule has 0 bridgehead atoms. The van der Waals surface area contributed by atoms with Gasteiger partial charge in [-0.05, 0) is 29.8 Å². The van der Waals surface area contributed by atoms with E-state index in [4.69, 9.17) is 5.73 Å². The number of primary amides is 1. The number of benzene rings is 1. The van der Waals surface area contributed by atoms with E-state index < -0.39 is 5.91 Å². The maximum Gasteiger partial charge on any atom is 0.267 e. The lowest BCUT2D eigenvalue weighted by Crippen LogP contribution is -2.13. The van der Waals surface area contributed by atoms with Gasteiger partial charge in [-0.1, -0.05) is 15.9 Å². The van der Waals surface area contributed by atoms with Crippen LogP contribution in [0.25, 0.3) is 33.1 Å². The summed E-state index contributed by atoms with van der Waals surface area (Å²) in [4.78, 5) is 18.9. The van der Waals surface area contributed by atoms with Crippen LogP contribution in [-0.2, 0) is 0 Å². The Morgan fingerprint density at radius 3 is 2.86 bits per heavy atom. The highest BCUT2D eigenvalue weighted by Gasteiger charge is 2.15. The predicted molar refractivity (Wildman–Crippen MR) is 87.4 cm³/mol. The minimum absolute atomic E-state index is 0.205. The Kier molecular flexibility index (Phi) is 2.77. The summed E-state index contributed by atoms with van der Waals surface area (Å²) in [6.07, 6.45) is 3.60. The number of amides is 1. The summed E-state index contributed by atoms with van der Waals surface area (Å²) in [7, 11) is 0. The van der Waals surface area contributed by atoms with E-state index in [1.807, 2.05) is 24.4 Å². The van der Waals surface area contributed by atoms with Gasteiger partial charge in [0, 0.05) is 32.5 Å². The van der Waals surface area contributed by atoms with Gasteiger partial charge >= 0.3 is 0 Å². The van der Waals surface area contributed by atoms with E-state index in [2.05, 4.69) is 36.1 Å². The van der Waals surface area contributed by atoms with Crippen LogP contribution < -0.4 is 5.73 Å². The van der Waals surface area contributed by atoms with Crippen LogP contribution in [0.3, 0.4) is 0 Å². The number of H-pyrrole nitrogens is 2. The molecule has 1 amide bonds. The number of carbonyl (C=O) groups is 1. The number of aromatic amines is 2. The number of halogens is 1. The number of nitrogens with one attached hydrogen (secondary N) is 2. The SMILES string of the molecule is NC(=O)c1cc(-c2c[nH]c3ccc(Br)cc23)c2cn[nH]c2n1. The number of nitrogens with zero attached hydrogens (tertiary/aromatic N) is 2. The standard InChI is InChI=1S/C15H10BrN5O/c16-7-1-2-12-9(3-7)10(5-18-12)8-4-13(14(17)22)20-15-11(8)6-19-21-15/h1-6,18H,(H2,17,22)(H,19,20,21). The highest BCUT2D eigenvalue weighted by molar-refractivity contribution is 9.10. The first-order valence-corrected chi connectivity index (χ1v) is 7.34. The summed E-state index contributed by atoms with van der Waals surface area (Å²) in [6.45, 7) is 0. The lowest BCUT2D eigenvalue weighted by molar-refractivity contribution is 0.0996. The van der Waals surface area contributed by atoms with Crippen molar-refractivity contribution >= 4 is 43.8 Å². The van der Waals surface area contributed by atoms with Crippen molar-refractivity contribution in [1.29, 1.82) is 0 Å². The fraction of sp³-hybridized carbons (Fsp3) is 0. The molecule has 0 aliphatic rings. The molecule has 22 heavy (non-hydrogen) atoms. The Morgan fingerprint density at radius 1 is 1.18 bits per heavy atom. The molecule has 0 saturated heterocycles. The van der Waals surface area contributed by atoms with Crippen molar-refractivity contribution in [2.45, 2.75) is 0 Å². The van der Waals surface area contributed by atoms with Crippen LogP contribution in [0, 0.1) is 0 Å². The van der Waals surface area contributed by atoms with Crippen molar-refractivity contribution in [1.82, 2.24) is 20.2 Å². The predicted octanol–water partition coefficient (Wildman–Crippen LogP) is 2.97. The number of nitrogens with two attached hydrogens (primary N) is 1. The van der Waals surface area contributed by atoms with E-state index in [9.17, 15) is 4.79 Å². The quantitative estimate of drug-likeness (QED) is 0.515. The minimum Gasteiger partial charge on any atom is -0.364 e. The van der Waals surface area contributed by atoms with Crippen molar-refractivity contribution in [3.63, 3.8) is 0 Å². The fourth-order valence-corrected chi connectivity index (χ4v) is 2.95. The molecule has 1 aromatic carbocycles. The summed E-state index contributed by atoms with van der Waals surface area (Å²) >= 11 is 3.48. The highest BCUT2D eigenvalue weighted by Crippen LogP contribution is 2.34. The van der Waals surface area contributed by atoms with Gasteiger partial charge in [0.15, 0.2) is 5.65 Å². The first kappa shape index (κ1) is 13.0. The third kappa shape index (κ3) is 1.90. The van der Waals surface area contributed by atoms with Crippen molar-refractivity contribution in [2.75, 3.05) is 0 Å². The van der Waals surface area contributed by atoms with Crippen LogP contribution in [0.5, 0.6) is 0 Å². The van der Waals surface area contributed by atoms with E-state index in [-0.39, 0.29) is 5.69 Å². The van der Waals surface area contributed by atoms with Crippen LogP contribution in [0.4, 0.5) is 0 Å². The zero-order chi connectivity index (χ0) is 15.3. The monoisotopic (exact) mass is 355 g/mol. The largest absolute Gasteiger partial charge is 0.364 e. The minimum atomic E-state index is -0.571. The first-order valence-electron chi connectivity index (χ1n) is 6.54. The maximum atomic E-state index is 11.5. The Labute approximate surface area is 132 Å². The average Bonchev–Trinajstić information content (AvgIpc) is 3.11. The van der Waals surface area contributed by atoms with Gasteiger partial charge < -0.3 is 10.7 Å². The van der Waals surface area contributed by atoms with Crippen molar-refractivity contribution in [2.24, 2.45) is 5.73 Å². The molecule has 0 saturated carbocycles. The molecule has 4 rings (SSSR count). The number of hydrogen-bond acceptors (Lipinski definition) is 3. The van der Waals surface area contributed by atoms with Gasteiger partial charge in [0.2, 0.25) is 0 Å². The van der Waals surface area contributed by atoms with Gasteiger partial charge in [0.25, 0.3) is 5.91 Å². The van der Waals surface area contributed by atoms with E-state index in [0.717, 1.165) is 31.9 Å². The van der Waals surface area contributed by atoms with Crippen LogP contribution in [-0.4, -0.2) is 26.1 Å². The van der Waals surface area contributed by atoms with Crippen molar-refractivity contribution in [3.8, 4) is 11.1 Å². The lowest BCUT2D eigenvalue weighted by Gasteiger charge is -2.04. The zero-order valence-electron chi connectivity index (χ0n) is 11.2. The van der Waals surface area contributed by atoms with Crippen LogP contribution in [0.2, 0.25) is 0 Å². The second-order valence-electron chi connectivity index (χ2n) is 4.94. The average molecular weight is 356 g/mol. The smallest absolute Gasteiger partial charge is 0.267 e.